The second kappa shape index (κ2) is 9.03. The summed E-state index contributed by atoms with van der Waals surface area (Å²) in [6.07, 6.45) is 0. The highest BCUT2D eigenvalue weighted by Gasteiger charge is 2.06. The molecule has 1 N–H and O–H groups in total. The molecule has 0 aromatic heterocycles. The molecule has 1 atom stereocenters. The van der Waals surface area contributed by atoms with Crippen LogP contribution in [0.2, 0.25) is 0 Å². The van der Waals surface area contributed by atoms with E-state index in [4.69, 9.17) is 25.8 Å². The summed E-state index contributed by atoms with van der Waals surface area (Å²) >= 11 is 5.79. The van der Waals surface area contributed by atoms with E-state index in [1.165, 1.54) is 0 Å². The molecule has 1 unspecified atom stereocenters. The van der Waals surface area contributed by atoms with E-state index in [9.17, 15) is 0 Å². The average molecular weight is 274 g/mol. The SMILES string of the molecule is COCC(CCl)NCCOc1ccccc1OC. The molecule has 0 saturated carbocycles. The van der Waals surface area contributed by atoms with Crippen molar-refractivity contribution in [1.82, 2.24) is 5.32 Å². The molecule has 0 amide bonds. The Morgan fingerprint density at radius 1 is 1.22 bits per heavy atom. The molecular weight excluding hydrogens is 254 g/mol. The van der Waals surface area contributed by atoms with E-state index in [0.29, 0.717) is 25.6 Å². The van der Waals surface area contributed by atoms with Crippen LogP contribution in [-0.4, -0.2) is 45.9 Å². The minimum atomic E-state index is 0.151. The van der Waals surface area contributed by atoms with Crippen molar-refractivity contribution in [3.63, 3.8) is 0 Å². The molecule has 102 valence electrons. The Morgan fingerprint density at radius 3 is 2.56 bits per heavy atom. The molecule has 0 aliphatic rings. The third kappa shape index (κ3) is 5.12. The predicted molar refractivity (Wildman–Crippen MR) is 72.9 cm³/mol. The summed E-state index contributed by atoms with van der Waals surface area (Å²) in [7, 11) is 3.29. The molecule has 1 aromatic carbocycles. The number of alkyl halides is 1. The Morgan fingerprint density at radius 2 is 1.94 bits per heavy atom. The summed E-state index contributed by atoms with van der Waals surface area (Å²) in [5.41, 5.74) is 0. The van der Waals surface area contributed by atoms with Crippen molar-refractivity contribution in [2.75, 3.05) is 39.9 Å². The van der Waals surface area contributed by atoms with Crippen LogP contribution in [0.1, 0.15) is 0 Å². The lowest BCUT2D eigenvalue weighted by Gasteiger charge is -2.15. The first-order valence-corrected chi connectivity index (χ1v) is 6.39. The highest BCUT2D eigenvalue weighted by molar-refractivity contribution is 6.18. The van der Waals surface area contributed by atoms with Gasteiger partial charge in [0.1, 0.15) is 6.61 Å². The van der Waals surface area contributed by atoms with Crippen LogP contribution in [-0.2, 0) is 4.74 Å². The fraction of sp³-hybridized carbons (Fsp3) is 0.538. The number of rotatable bonds is 9. The van der Waals surface area contributed by atoms with Crippen molar-refractivity contribution in [2.24, 2.45) is 0 Å². The highest BCUT2D eigenvalue weighted by atomic mass is 35.5. The monoisotopic (exact) mass is 273 g/mol. The molecule has 18 heavy (non-hydrogen) atoms. The van der Waals surface area contributed by atoms with Gasteiger partial charge in [0.2, 0.25) is 0 Å². The first-order chi connectivity index (χ1) is 8.81. The summed E-state index contributed by atoms with van der Waals surface area (Å²) in [5, 5.41) is 3.26. The third-order valence-corrected chi connectivity index (χ3v) is 2.79. The lowest BCUT2D eigenvalue weighted by Crippen LogP contribution is -2.37. The first kappa shape index (κ1) is 15.1. The van der Waals surface area contributed by atoms with E-state index < -0.39 is 0 Å². The summed E-state index contributed by atoms with van der Waals surface area (Å²) < 4.78 is 15.9. The maximum Gasteiger partial charge on any atom is 0.161 e. The Labute approximate surface area is 113 Å². The van der Waals surface area contributed by atoms with Gasteiger partial charge in [0.25, 0.3) is 0 Å². The van der Waals surface area contributed by atoms with E-state index in [1.54, 1.807) is 14.2 Å². The number of hydrogen-bond acceptors (Lipinski definition) is 4. The van der Waals surface area contributed by atoms with E-state index >= 15 is 0 Å². The Hall–Kier alpha value is -0.970. The molecule has 0 saturated heterocycles. The normalized spacial score (nSPS) is 12.2. The number of hydrogen-bond donors (Lipinski definition) is 1. The fourth-order valence-corrected chi connectivity index (χ4v) is 1.72. The van der Waals surface area contributed by atoms with Gasteiger partial charge in [-0.25, -0.2) is 0 Å². The van der Waals surface area contributed by atoms with Gasteiger partial charge in [-0.15, -0.1) is 11.6 Å². The van der Waals surface area contributed by atoms with E-state index in [0.717, 1.165) is 11.5 Å². The molecule has 0 aliphatic heterocycles. The fourth-order valence-electron chi connectivity index (χ4n) is 1.52. The van der Waals surface area contributed by atoms with Crippen molar-refractivity contribution in [1.29, 1.82) is 0 Å². The zero-order chi connectivity index (χ0) is 13.2. The molecule has 1 rings (SSSR count). The van der Waals surface area contributed by atoms with E-state index in [-0.39, 0.29) is 6.04 Å². The molecule has 0 heterocycles. The van der Waals surface area contributed by atoms with Crippen molar-refractivity contribution >= 4 is 11.6 Å². The second-order valence-corrected chi connectivity index (χ2v) is 4.07. The standard InChI is InChI=1S/C13H20ClNO3/c1-16-10-11(9-14)15-7-8-18-13-6-4-3-5-12(13)17-2/h3-6,11,15H,7-10H2,1-2H3. The molecule has 5 heteroatoms. The topological polar surface area (TPSA) is 39.7 Å². The zero-order valence-corrected chi connectivity index (χ0v) is 11.6. The van der Waals surface area contributed by atoms with Gasteiger partial charge in [0.05, 0.1) is 13.7 Å². The third-order valence-electron chi connectivity index (χ3n) is 2.42. The van der Waals surface area contributed by atoms with Gasteiger partial charge in [-0.2, -0.15) is 0 Å². The van der Waals surface area contributed by atoms with Crippen LogP contribution in [0.4, 0.5) is 0 Å². The van der Waals surface area contributed by atoms with Gasteiger partial charge in [0.15, 0.2) is 11.5 Å². The largest absolute Gasteiger partial charge is 0.493 e. The predicted octanol–water partition coefficient (Wildman–Crippen LogP) is 1.92. The smallest absolute Gasteiger partial charge is 0.161 e. The van der Waals surface area contributed by atoms with Crippen LogP contribution in [0.25, 0.3) is 0 Å². The molecule has 0 spiro atoms. The number of methoxy groups -OCH3 is 2. The van der Waals surface area contributed by atoms with Crippen LogP contribution in [0.5, 0.6) is 11.5 Å². The quantitative estimate of drug-likeness (QED) is 0.551. The second-order valence-electron chi connectivity index (χ2n) is 3.76. The summed E-state index contributed by atoms with van der Waals surface area (Å²) in [6.45, 7) is 1.86. The Kier molecular flexibility index (Phi) is 7.57. The van der Waals surface area contributed by atoms with Crippen molar-refractivity contribution in [3.8, 4) is 11.5 Å². The molecule has 0 fully saturated rings. The van der Waals surface area contributed by atoms with Gasteiger partial charge in [-0.3, -0.25) is 0 Å². The van der Waals surface area contributed by atoms with Gasteiger partial charge in [0, 0.05) is 25.6 Å². The van der Waals surface area contributed by atoms with Crippen molar-refractivity contribution in [2.45, 2.75) is 6.04 Å². The molecular formula is C13H20ClNO3. The van der Waals surface area contributed by atoms with Gasteiger partial charge >= 0.3 is 0 Å². The number of ether oxygens (including phenoxy) is 3. The lowest BCUT2D eigenvalue weighted by molar-refractivity contribution is 0.170. The van der Waals surface area contributed by atoms with Crippen molar-refractivity contribution < 1.29 is 14.2 Å². The zero-order valence-electron chi connectivity index (χ0n) is 10.8. The number of halogens is 1. The molecule has 0 radical (unpaired) electrons. The Bertz CT molecular complexity index is 336. The minimum Gasteiger partial charge on any atom is -0.493 e. The van der Waals surface area contributed by atoms with Crippen LogP contribution in [0, 0.1) is 0 Å². The Balaban J connectivity index is 2.28. The van der Waals surface area contributed by atoms with E-state index in [1.807, 2.05) is 24.3 Å². The number of para-hydroxylation sites is 2. The first-order valence-electron chi connectivity index (χ1n) is 5.86. The molecule has 0 aliphatic carbocycles. The highest BCUT2D eigenvalue weighted by Crippen LogP contribution is 2.25. The molecule has 0 bridgehead atoms. The van der Waals surface area contributed by atoms with Crippen molar-refractivity contribution in [3.05, 3.63) is 24.3 Å². The maximum absolute atomic E-state index is 5.79. The van der Waals surface area contributed by atoms with Gasteiger partial charge < -0.3 is 19.5 Å². The van der Waals surface area contributed by atoms with Gasteiger partial charge in [-0.1, -0.05) is 12.1 Å². The minimum absolute atomic E-state index is 0.151. The average Bonchev–Trinajstić information content (AvgIpc) is 2.42. The summed E-state index contributed by atoms with van der Waals surface area (Å²) in [4.78, 5) is 0. The van der Waals surface area contributed by atoms with Crippen LogP contribution < -0.4 is 14.8 Å². The number of nitrogens with one attached hydrogen (secondary N) is 1. The van der Waals surface area contributed by atoms with E-state index in [2.05, 4.69) is 5.32 Å². The van der Waals surface area contributed by atoms with Gasteiger partial charge in [-0.05, 0) is 12.1 Å². The molecule has 1 aromatic rings. The summed E-state index contributed by atoms with van der Waals surface area (Å²) in [6, 6.07) is 7.73. The summed E-state index contributed by atoms with van der Waals surface area (Å²) in [5.74, 6) is 2.00. The van der Waals surface area contributed by atoms with Crippen LogP contribution in [0.3, 0.4) is 0 Å². The van der Waals surface area contributed by atoms with Crippen LogP contribution >= 0.6 is 11.6 Å². The number of benzene rings is 1. The maximum atomic E-state index is 5.79. The van der Waals surface area contributed by atoms with Crippen LogP contribution in [0.15, 0.2) is 24.3 Å². The lowest BCUT2D eigenvalue weighted by atomic mass is 10.3. The molecule has 4 nitrogen and oxygen atoms in total.